The average molecular weight is 436 g/mol. The minimum Gasteiger partial charge on any atom is -0.374 e. The summed E-state index contributed by atoms with van der Waals surface area (Å²) in [6.45, 7) is 9.88. The minimum atomic E-state index is 0. The van der Waals surface area contributed by atoms with Crippen LogP contribution in [0.1, 0.15) is 19.5 Å². The van der Waals surface area contributed by atoms with E-state index in [2.05, 4.69) is 44.6 Å². The molecule has 3 N–H and O–H groups in total. The lowest BCUT2D eigenvalue weighted by Crippen LogP contribution is -2.50. The second-order valence-corrected chi connectivity index (χ2v) is 6.03. The number of nitrogens with one attached hydrogen (secondary N) is 3. The molecule has 0 spiro atoms. The Kier molecular flexibility index (Phi) is 9.49. The Morgan fingerprint density at radius 2 is 2.35 bits per heavy atom. The molecule has 0 amide bonds. The van der Waals surface area contributed by atoms with Crippen molar-refractivity contribution in [1.29, 1.82) is 0 Å². The monoisotopic (exact) mass is 436 g/mol. The second-order valence-electron chi connectivity index (χ2n) is 6.03. The molecular weight excluding hydrogens is 407 g/mol. The lowest BCUT2D eigenvalue weighted by Gasteiger charge is -2.34. The van der Waals surface area contributed by atoms with Crippen LogP contribution < -0.4 is 10.6 Å². The van der Waals surface area contributed by atoms with E-state index in [9.17, 15) is 0 Å². The Hall–Kier alpha value is -0.870. The van der Waals surface area contributed by atoms with Crippen LogP contribution in [0.5, 0.6) is 0 Å². The summed E-state index contributed by atoms with van der Waals surface area (Å²) >= 11 is 0. The number of H-pyrrole nitrogens is 1. The lowest BCUT2D eigenvalue weighted by molar-refractivity contribution is -0.0284. The molecule has 0 radical (unpaired) electrons. The molecule has 2 heterocycles. The highest BCUT2D eigenvalue weighted by Gasteiger charge is 2.20. The number of aliphatic imine (C=N–C) groups is 1. The summed E-state index contributed by atoms with van der Waals surface area (Å²) in [4.78, 5) is 6.70. The van der Waals surface area contributed by atoms with Gasteiger partial charge in [-0.15, -0.1) is 24.0 Å². The molecule has 132 valence electrons. The van der Waals surface area contributed by atoms with Crippen molar-refractivity contribution in [3.8, 4) is 0 Å². The number of aromatic nitrogens is 2. The largest absolute Gasteiger partial charge is 0.374 e. The van der Waals surface area contributed by atoms with Crippen molar-refractivity contribution in [1.82, 2.24) is 25.7 Å². The molecule has 1 saturated heterocycles. The molecule has 0 aromatic carbocycles. The normalized spacial score (nSPS) is 19.5. The second kappa shape index (κ2) is 10.8. The van der Waals surface area contributed by atoms with Gasteiger partial charge in [0.1, 0.15) is 0 Å². The van der Waals surface area contributed by atoms with Crippen LogP contribution in [0.25, 0.3) is 0 Å². The van der Waals surface area contributed by atoms with Gasteiger partial charge in [-0.25, -0.2) is 0 Å². The van der Waals surface area contributed by atoms with Crippen LogP contribution in [-0.2, 0) is 11.3 Å². The number of nitrogens with zero attached hydrogens (tertiary/aromatic N) is 3. The van der Waals surface area contributed by atoms with E-state index in [4.69, 9.17) is 4.74 Å². The molecule has 0 saturated carbocycles. The first-order valence-electron chi connectivity index (χ1n) is 7.94. The van der Waals surface area contributed by atoms with E-state index in [1.165, 1.54) is 0 Å². The van der Waals surface area contributed by atoms with Gasteiger partial charge in [-0.05, 0) is 12.0 Å². The van der Waals surface area contributed by atoms with E-state index in [-0.39, 0.29) is 30.1 Å². The maximum absolute atomic E-state index is 5.83. The van der Waals surface area contributed by atoms with Crippen LogP contribution in [0.3, 0.4) is 0 Å². The van der Waals surface area contributed by atoms with Gasteiger partial charge in [0.25, 0.3) is 0 Å². The average Bonchev–Trinajstić information content (AvgIpc) is 3.00. The summed E-state index contributed by atoms with van der Waals surface area (Å²) in [5, 5.41) is 13.4. The topological polar surface area (TPSA) is 77.6 Å². The highest BCUT2D eigenvalue weighted by atomic mass is 127. The van der Waals surface area contributed by atoms with Crippen molar-refractivity contribution in [3.05, 3.63) is 18.0 Å². The smallest absolute Gasteiger partial charge is 0.191 e. The third-order valence-corrected chi connectivity index (χ3v) is 3.57. The summed E-state index contributed by atoms with van der Waals surface area (Å²) < 4.78 is 5.83. The molecule has 7 nitrogen and oxygen atoms in total. The number of ether oxygens (including phenoxy) is 1. The number of morpholine rings is 1. The third-order valence-electron chi connectivity index (χ3n) is 3.57. The highest BCUT2D eigenvalue weighted by Crippen LogP contribution is 2.07. The summed E-state index contributed by atoms with van der Waals surface area (Å²) in [6, 6.07) is 1.94. The van der Waals surface area contributed by atoms with Gasteiger partial charge in [0.05, 0.1) is 24.9 Å². The molecule has 1 aliphatic rings. The number of hydrogen-bond acceptors (Lipinski definition) is 4. The molecule has 1 unspecified atom stereocenters. The van der Waals surface area contributed by atoms with Crippen molar-refractivity contribution < 1.29 is 4.74 Å². The molecule has 1 fully saturated rings. The molecule has 0 aliphatic carbocycles. The number of aromatic amines is 1. The van der Waals surface area contributed by atoms with Gasteiger partial charge < -0.3 is 15.4 Å². The van der Waals surface area contributed by atoms with Crippen molar-refractivity contribution in [2.45, 2.75) is 26.5 Å². The van der Waals surface area contributed by atoms with Crippen molar-refractivity contribution in [2.75, 3.05) is 39.8 Å². The van der Waals surface area contributed by atoms with Crippen molar-refractivity contribution >= 4 is 29.9 Å². The van der Waals surface area contributed by atoms with E-state index in [0.29, 0.717) is 12.5 Å². The Morgan fingerprint density at radius 1 is 1.52 bits per heavy atom. The van der Waals surface area contributed by atoms with Gasteiger partial charge in [-0.1, -0.05) is 13.8 Å². The van der Waals surface area contributed by atoms with E-state index >= 15 is 0 Å². The zero-order chi connectivity index (χ0) is 15.8. The van der Waals surface area contributed by atoms with Gasteiger partial charge in [-0.3, -0.25) is 15.0 Å². The molecule has 8 heteroatoms. The molecule has 23 heavy (non-hydrogen) atoms. The van der Waals surface area contributed by atoms with Gasteiger partial charge >= 0.3 is 0 Å². The number of hydrogen-bond donors (Lipinski definition) is 3. The van der Waals surface area contributed by atoms with Crippen LogP contribution in [-0.4, -0.2) is 67.0 Å². The first-order chi connectivity index (χ1) is 10.7. The van der Waals surface area contributed by atoms with Crippen LogP contribution >= 0.6 is 24.0 Å². The fourth-order valence-electron chi connectivity index (χ4n) is 2.58. The van der Waals surface area contributed by atoms with Crippen LogP contribution in [0.2, 0.25) is 0 Å². The third kappa shape index (κ3) is 7.49. The quantitative estimate of drug-likeness (QED) is 0.353. The fourth-order valence-corrected chi connectivity index (χ4v) is 2.58. The zero-order valence-electron chi connectivity index (χ0n) is 14.2. The first-order valence-corrected chi connectivity index (χ1v) is 7.94. The first kappa shape index (κ1) is 20.2. The number of rotatable bonds is 6. The van der Waals surface area contributed by atoms with E-state index in [1.807, 2.05) is 6.07 Å². The van der Waals surface area contributed by atoms with Crippen molar-refractivity contribution in [2.24, 2.45) is 10.9 Å². The molecule has 1 atom stereocenters. The molecular formula is C15H29IN6O. The van der Waals surface area contributed by atoms with Gasteiger partial charge in [0.2, 0.25) is 0 Å². The van der Waals surface area contributed by atoms with Crippen LogP contribution in [0.15, 0.2) is 17.3 Å². The summed E-state index contributed by atoms with van der Waals surface area (Å²) in [5.74, 6) is 1.47. The minimum absolute atomic E-state index is 0. The summed E-state index contributed by atoms with van der Waals surface area (Å²) in [6.07, 6.45) is 1.95. The maximum atomic E-state index is 5.83. The predicted octanol–water partition coefficient (Wildman–Crippen LogP) is 1.05. The highest BCUT2D eigenvalue weighted by molar-refractivity contribution is 14.0. The maximum Gasteiger partial charge on any atom is 0.191 e. The van der Waals surface area contributed by atoms with E-state index in [1.54, 1.807) is 13.2 Å². The van der Waals surface area contributed by atoms with E-state index in [0.717, 1.165) is 44.4 Å². The number of guanidine groups is 1. The van der Waals surface area contributed by atoms with Gasteiger partial charge in [0.15, 0.2) is 5.96 Å². The van der Waals surface area contributed by atoms with Crippen molar-refractivity contribution in [3.63, 3.8) is 0 Å². The molecule has 1 aliphatic heterocycles. The van der Waals surface area contributed by atoms with Crippen LogP contribution in [0, 0.1) is 5.92 Å². The Morgan fingerprint density at radius 3 is 3.00 bits per heavy atom. The fraction of sp³-hybridized carbons (Fsp3) is 0.733. The van der Waals surface area contributed by atoms with Crippen LogP contribution in [0.4, 0.5) is 0 Å². The van der Waals surface area contributed by atoms with Gasteiger partial charge in [-0.2, -0.15) is 5.10 Å². The SMILES string of the molecule is CN=C(NCc1ccn[nH]1)NCC1CN(CC(C)C)CCO1.I. The molecule has 1 aromatic rings. The zero-order valence-corrected chi connectivity index (χ0v) is 16.5. The molecule has 2 rings (SSSR count). The molecule has 0 bridgehead atoms. The predicted molar refractivity (Wildman–Crippen MR) is 103 cm³/mol. The summed E-state index contributed by atoms with van der Waals surface area (Å²) in [7, 11) is 1.77. The number of halogens is 1. The Labute approximate surface area is 155 Å². The van der Waals surface area contributed by atoms with E-state index < -0.39 is 0 Å². The molecule has 1 aromatic heterocycles. The van der Waals surface area contributed by atoms with Gasteiger partial charge in [0, 0.05) is 39.4 Å². The Bertz CT molecular complexity index is 451. The standard InChI is InChI=1S/C15H28N6O.HI/c1-12(2)10-21-6-7-22-14(11-21)9-18-15(16-3)17-8-13-4-5-19-20-13;/h4-5,12,14H,6-11H2,1-3H3,(H,19,20)(H2,16,17,18);1H. The summed E-state index contributed by atoms with van der Waals surface area (Å²) in [5.41, 5.74) is 1.03. The Balaban J connectivity index is 0.00000264. The lowest BCUT2D eigenvalue weighted by atomic mass is 10.2.